The lowest BCUT2D eigenvalue weighted by atomic mass is 9.91. The molecule has 0 unspecified atom stereocenters. The Labute approximate surface area is 116 Å². The van der Waals surface area contributed by atoms with E-state index in [9.17, 15) is 12.9 Å². The molecule has 0 spiro atoms. The van der Waals surface area contributed by atoms with Crippen molar-refractivity contribution in [3.05, 3.63) is 35.4 Å². The largest absolute Gasteiger partial charge is 0.492 e. The normalized spacial score (nSPS) is 17.9. The first kappa shape index (κ1) is 14.9. The van der Waals surface area contributed by atoms with E-state index in [-0.39, 0.29) is 0 Å². The molecule has 1 heterocycles. The average Bonchev–Trinajstić information content (AvgIpc) is 2.40. The lowest BCUT2D eigenvalue weighted by Crippen LogP contribution is -2.50. The van der Waals surface area contributed by atoms with E-state index in [4.69, 9.17) is 5.26 Å². The fourth-order valence-electron chi connectivity index (χ4n) is 2.37. The summed E-state index contributed by atoms with van der Waals surface area (Å²) in [4.78, 5) is 3.61. The van der Waals surface area contributed by atoms with Crippen LogP contribution in [-0.2, 0) is 6.54 Å². The van der Waals surface area contributed by atoms with Gasteiger partial charge in [-0.2, -0.15) is 5.26 Å². The fraction of sp³-hybridized carbons (Fsp3) is 0.462. The highest BCUT2D eigenvalue weighted by Gasteiger charge is 2.28. The van der Waals surface area contributed by atoms with Crippen molar-refractivity contribution in [2.45, 2.75) is 6.54 Å². The zero-order chi connectivity index (χ0) is 14.6. The molecule has 0 N–H and O–H groups in total. The van der Waals surface area contributed by atoms with Crippen LogP contribution in [0.3, 0.4) is 0 Å². The third-order valence-electron chi connectivity index (χ3n) is 3.42. The van der Waals surface area contributed by atoms with Gasteiger partial charge in [0.1, 0.15) is 0 Å². The molecular weight excluding hydrogens is 266 g/mol. The molecule has 0 aromatic heterocycles. The Balaban J connectivity index is 1.80. The summed E-state index contributed by atoms with van der Waals surface area (Å²) in [5.41, 5.74) is 1.70. The van der Waals surface area contributed by atoms with Gasteiger partial charge in [-0.05, 0) is 24.1 Å². The summed E-state index contributed by atoms with van der Waals surface area (Å²) >= 11 is 0. The van der Waals surface area contributed by atoms with Crippen LogP contribution in [0.4, 0.5) is 12.9 Å². The van der Waals surface area contributed by atoms with Crippen molar-refractivity contribution in [3.63, 3.8) is 0 Å². The van der Waals surface area contributed by atoms with Gasteiger partial charge in [0, 0.05) is 32.7 Å². The van der Waals surface area contributed by atoms with E-state index >= 15 is 0 Å². The zero-order valence-electron chi connectivity index (χ0n) is 11.1. The predicted octanol–water partition coefficient (Wildman–Crippen LogP) is 2.06. The summed E-state index contributed by atoms with van der Waals surface area (Å²) in [5, 5.41) is 8.72. The van der Waals surface area contributed by atoms with Crippen molar-refractivity contribution in [3.8, 4) is 6.07 Å². The van der Waals surface area contributed by atoms with Gasteiger partial charge in [-0.25, -0.2) is 0 Å². The molecule has 7 heteroatoms. The number of piperazine rings is 1. The second-order valence-electron chi connectivity index (χ2n) is 5.10. The van der Waals surface area contributed by atoms with Crippen molar-refractivity contribution >= 4 is 6.98 Å². The molecule has 3 nitrogen and oxygen atoms in total. The molecule has 20 heavy (non-hydrogen) atoms. The Morgan fingerprint density at radius 3 is 2.05 bits per heavy atom. The number of rotatable bonds is 4. The van der Waals surface area contributed by atoms with Crippen LogP contribution in [0.25, 0.3) is 0 Å². The minimum atomic E-state index is -4.73. The van der Waals surface area contributed by atoms with Gasteiger partial charge < -0.3 is 17.8 Å². The van der Waals surface area contributed by atoms with Crippen molar-refractivity contribution < 1.29 is 12.9 Å². The maximum absolute atomic E-state index is 12.3. The first-order valence-electron chi connectivity index (χ1n) is 6.61. The van der Waals surface area contributed by atoms with Gasteiger partial charge in [0.25, 0.3) is 0 Å². The van der Waals surface area contributed by atoms with Crippen LogP contribution in [0.15, 0.2) is 24.3 Å². The monoisotopic (exact) mass is 282 g/mol. The molecule has 0 radical (unpaired) electrons. The van der Waals surface area contributed by atoms with E-state index in [0.29, 0.717) is 31.7 Å². The summed E-state index contributed by atoms with van der Waals surface area (Å²) in [5.74, 6) is 0. The quantitative estimate of drug-likeness (QED) is 0.792. The Bertz CT molecular complexity index is 473. The summed E-state index contributed by atoms with van der Waals surface area (Å²) in [7, 11) is 0. The lowest BCUT2D eigenvalue weighted by Gasteiger charge is -2.37. The van der Waals surface area contributed by atoms with Crippen LogP contribution in [0.2, 0.25) is 0 Å². The number of nitriles is 1. The third-order valence-corrected chi connectivity index (χ3v) is 3.42. The molecule has 0 saturated carbocycles. The highest BCUT2D eigenvalue weighted by molar-refractivity contribution is 6.58. The number of nitrogens with zero attached hydrogens (tertiary/aromatic N) is 3. The second kappa shape index (κ2) is 6.29. The van der Waals surface area contributed by atoms with Crippen LogP contribution in [0, 0.1) is 11.3 Å². The van der Waals surface area contributed by atoms with E-state index in [1.54, 1.807) is 12.1 Å². The highest BCUT2D eigenvalue weighted by Crippen LogP contribution is 2.14. The van der Waals surface area contributed by atoms with Crippen LogP contribution < -0.4 is 0 Å². The van der Waals surface area contributed by atoms with Gasteiger partial charge in [-0.3, -0.25) is 4.90 Å². The topological polar surface area (TPSA) is 30.3 Å². The molecule has 1 saturated heterocycles. The molecule has 0 bridgehead atoms. The van der Waals surface area contributed by atoms with E-state index in [1.165, 1.54) is 4.90 Å². The number of hydrogen-bond donors (Lipinski definition) is 0. The Kier molecular flexibility index (Phi) is 4.68. The van der Waals surface area contributed by atoms with E-state index in [1.807, 2.05) is 12.1 Å². The van der Waals surface area contributed by atoms with Crippen molar-refractivity contribution in [1.82, 2.24) is 9.80 Å². The third kappa shape index (κ3) is 4.55. The smallest absolute Gasteiger partial charge is 0.448 e. The zero-order valence-corrected chi connectivity index (χ0v) is 11.1. The SMILES string of the molecule is N#Cc1ccc(CN2CCN(C[B-](F)(F)F)CC2)cc1. The summed E-state index contributed by atoms with van der Waals surface area (Å²) in [6.45, 7) is -1.81. The molecule has 1 aliphatic rings. The first-order valence-corrected chi connectivity index (χ1v) is 6.61. The van der Waals surface area contributed by atoms with Crippen molar-refractivity contribution in [1.29, 1.82) is 5.26 Å². The van der Waals surface area contributed by atoms with Crippen LogP contribution in [0.5, 0.6) is 0 Å². The average molecular weight is 282 g/mol. The van der Waals surface area contributed by atoms with E-state index in [0.717, 1.165) is 12.1 Å². The molecule has 1 aliphatic heterocycles. The molecule has 0 atom stereocenters. The Morgan fingerprint density at radius 2 is 1.55 bits per heavy atom. The van der Waals surface area contributed by atoms with Gasteiger partial charge >= 0.3 is 6.98 Å². The molecule has 2 rings (SSSR count). The van der Waals surface area contributed by atoms with Gasteiger partial charge in [-0.15, -0.1) is 0 Å². The number of halogens is 3. The molecule has 108 valence electrons. The van der Waals surface area contributed by atoms with Gasteiger partial charge in [-0.1, -0.05) is 12.1 Å². The number of benzene rings is 1. The van der Waals surface area contributed by atoms with Crippen LogP contribution in [0.1, 0.15) is 11.1 Å². The maximum Gasteiger partial charge on any atom is 0.492 e. The maximum atomic E-state index is 12.3. The Hall–Kier alpha value is -1.52. The standard InChI is InChI=1S/C13H16BF3N3/c15-14(16,17)11-20-7-5-19(6-8-20)10-13-3-1-12(9-18)2-4-13/h1-4H,5-8,10-11H2/q-1. The lowest BCUT2D eigenvalue weighted by molar-refractivity contribution is 0.133. The molecule has 1 aromatic carbocycles. The molecular formula is C13H16BF3N3-. The minimum absolute atomic E-state index is 0.456. The van der Waals surface area contributed by atoms with Gasteiger partial charge in [0.2, 0.25) is 0 Å². The first-order chi connectivity index (χ1) is 9.46. The molecule has 0 amide bonds. The predicted molar refractivity (Wildman–Crippen MR) is 72.0 cm³/mol. The van der Waals surface area contributed by atoms with Crippen LogP contribution >= 0.6 is 0 Å². The van der Waals surface area contributed by atoms with Gasteiger partial charge in [0.15, 0.2) is 0 Å². The highest BCUT2D eigenvalue weighted by atomic mass is 19.4. The molecule has 1 fully saturated rings. The molecule has 1 aromatic rings. The Morgan fingerprint density at radius 1 is 1.00 bits per heavy atom. The van der Waals surface area contributed by atoms with Crippen LogP contribution in [-0.4, -0.2) is 49.4 Å². The van der Waals surface area contributed by atoms with Crippen molar-refractivity contribution in [2.24, 2.45) is 0 Å². The fourth-order valence-corrected chi connectivity index (χ4v) is 2.37. The summed E-state index contributed by atoms with van der Waals surface area (Å²) in [6, 6.07) is 9.37. The van der Waals surface area contributed by atoms with E-state index in [2.05, 4.69) is 11.0 Å². The molecule has 0 aliphatic carbocycles. The minimum Gasteiger partial charge on any atom is -0.448 e. The summed E-state index contributed by atoms with van der Waals surface area (Å²) in [6.07, 6.45) is -0.759. The van der Waals surface area contributed by atoms with Gasteiger partial charge in [0.05, 0.1) is 11.6 Å². The van der Waals surface area contributed by atoms with Crippen molar-refractivity contribution in [2.75, 3.05) is 32.6 Å². The second-order valence-corrected chi connectivity index (χ2v) is 5.10. The summed E-state index contributed by atoms with van der Waals surface area (Å²) < 4.78 is 37.0. The number of hydrogen-bond acceptors (Lipinski definition) is 3. The van der Waals surface area contributed by atoms with E-state index < -0.39 is 13.4 Å².